The number of ether oxygens (including phenoxy) is 1. The van der Waals surface area contributed by atoms with Crippen LogP contribution in [-0.2, 0) is 14.8 Å². The Bertz CT molecular complexity index is 1150. The van der Waals surface area contributed by atoms with Gasteiger partial charge in [-0.05, 0) is 39.3 Å². The van der Waals surface area contributed by atoms with Crippen LogP contribution in [0.15, 0.2) is 27.9 Å². The molecule has 1 aromatic heterocycles. The number of hydrogen-bond donors (Lipinski definition) is 2. The van der Waals surface area contributed by atoms with Gasteiger partial charge in [-0.25, -0.2) is 27.4 Å². The van der Waals surface area contributed by atoms with E-state index in [-0.39, 0.29) is 28.4 Å². The van der Waals surface area contributed by atoms with Crippen LogP contribution in [0.25, 0.3) is 0 Å². The van der Waals surface area contributed by atoms with E-state index in [9.17, 15) is 18.0 Å². The Labute approximate surface area is 199 Å². The summed E-state index contributed by atoms with van der Waals surface area (Å²) in [4.78, 5) is 28.0. The number of nitrogens with zero attached hydrogens (tertiary/aromatic N) is 3. The molecule has 33 heavy (non-hydrogen) atoms. The van der Waals surface area contributed by atoms with Gasteiger partial charge in [0.25, 0.3) is 10.0 Å². The molecule has 10 nitrogen and oxygen atoms in total. The van der Waals surface area contributed by atoms with Gasteiger partial charge in [-0.3, -0.25) is 0 Å². The number of hydrogen-bond acceptors (Lipinski definition) is 8. The van der Waals surface area contributed by atoms with Gasteiger partial charge < -0.3 is 20.1 Å². The van der Waals surface area contributed by atoms with Gasteiger partial charge in [0.1, 0.15) is 15.5 Å². The van der Waals surface area contributed by atoms with Crippen LogP contribution in [-0.4, -0.2) is 60.3 Å². The van der Waals surface area contributed by atoms with Crippen molar-refractivity contribution in [3.8, 4) is 0 Å². The van der Waals surface area contributed by atoms with E-state index in [0.717, 1.165) is 17.4 Å². The van der Waals surface area contributed by atoms with Crippen LogP contribution in [0.1, 0.15) is 27.2 Å². The molecular weight excluding hydrogens is 499 g/mol. The monoisotopic (exact) mass is 520 g/mol. The second-order valence-electron chi connectivity index (χ2n) is 8.19. The standard InChI is InChI=1S/C19H22ClFN4O6S2/c1-19(2,3)31-18(28)25(14-9-32-10-22-14)33(29,30)13-5-4-12(15(20)16(13)21)23-11-6-7-24(8-11)17(26)27/h4-5,9-11,23H,6-8H2,1-3H3,(H,26,27)/t11-/m0/s1. The summed E-state index contributed by atoms with van der Waals surface area (Å²) in [5, 5.41) is 12.8. The van der Waals surface area contributed by atoms with Gasteiger partial charge in [0.05, 0.1) is 11.2 Å². The topological polar surface area (TPSA) is 129 Å². The van der Waals surface area contributed by atoms with E-state index in [1.54, 1.807) is 20.8 Å². The lowest BCUT2D eigenvalue weighted by atomic mass is 10.2. The summed E-state index contributed by atoms with van der Waals surface area (Å²) in [7, 11) is -4.78. The van der Waals surface area contributed by atoms with Gasteiger partial charge in [-0.15, -0.1) is 15.6 Å². The number of nitrogens with one attached hydrogen (secondary N) is 1. The highest BCUT2D eigenvalue weighted by atomic mass is 35.5. The van der Waals surface area contributed by atoms with Crippen LogP contribution < -0.4 is 9.62 Å². The molecule has 1 atom stereocenters. The SMILES string of the molecule is CC(C)(C)OC(=O)N(c1cscn1)S(=O)(=O)c1ccc(N[C@H]2CCN(C(=O)O)C2)c(Cl)c1F. The van der Waals surface area contributed by atoms with Crippen LogP contribution in [0.5, 0.6) is 0 Å². The Morgan fingerprint density at radius 2 is 2.09 bits per heavy atom. The first-order chi connectivity index (χ1) is 15.3. The second kappa shape index (κ2) is 9.31. The Kier molecular flexibility index (Phi) is 7.05. The summed E-state index contributed by atoms with van der Waals surface area (Å²) in [5.41, 5.74) is 0.402. The fraction of sp³-hybridized carbons (Fsp3) is 0.421. The maximum atomic E-state index is 15.2. The Morgan fingerprint density at radius 3 is 2.64 bits per heavy atom. The normalized spacial score (nSPS) is 16.5. The van der Waals surface area contributed by atoms with Crippen molar-refractivity contribution < 1.29 is 32.2 Å². The third-order valence-corrected chi connectivity index (χ3v) is 7.20. The van der Waals surface area contributed by atoms with Crippen LogP contribution in [0.2, 0.25) is 5.02 Å². The number of likely N-dealkylation sites (tertiary alicyclic amines) is 1. The zero-order valence-electron chi connectivity index (χ0n) is 17.9. The number of carbonyl (C=O) groups is 2. The highest BCUT2D eigenvalue weighted by Gasteiger charge is 2.38. The molecule has 0 unspecified atom stereocenters. The van der Waals surface area contributed by atoms with E-state index in [1.165, 1.54) is 21.9 Å². The summed E-state index contributed by atoms with van der Waals surface area (Å²) >= 11 is 7.16. The molecule has 180 valence electrons. The zero-order chi connectivity index (χ0) is 24.6. The van der Waals surface area contributed by atoms with Crippen molar-refractivity contribution in [3.63, 3.8) is 0 Å². The van der Waals surface area contributed by atoms with E-state index in [4.69, 9.17) is 21.4 Å². The summed E-state index contributed by atoms with van der Waals surface area (Å²) in [6.07, 6.45) is -1.84. The van der Waals surface area contributed by atoms with Gasteiger partial charge in [-0.1, -0.05) is 11.6 Å². The third-order valence-electron chi connectivity index (χ3n) is 4.57. The minimum Gasteiger partial charge on any atom is -0.465 e. The number of carboxylic acid groups (broad SMARTS) is 1. The molecule has 1 aliphatic heterocycles. The Balaban J connectivity index is 1.94. The van der Waals surface area contributed by atoms with Gasteiger partial charge in [0, 0.05) is 24.5 Å². The smallest absolute Gasteiger partial charge is 0.430 e. The number of benzene rings is 1. The van der Waals surface area contributed by atoms with E-state index in [1.807, 2.05) is 0 Å². The quantitative estimate of drug-likeness (QED) is 0.599. The summed E-state index contributed by atoms with van der Waals surface area (Å²) in [6, 6.07) is 1.91. The largest absolute Gasteiger partial charge is 0.465 e. The predicted octanol–water partition coefficient (Wildman–Crippen LogP) is 4.23. The molecule has 0 saturated carbocycles. The molecule has 1 aromatic carbocycles. The minimum atomic E-state index is -4.78. The molecule has 1 aliphatic rings. The molecule has 2 N–H and O–H groups in total. The Morgan fingerprint density at radius 1 is 1.39 bits per heavy atom. The van der Waals surface area contributed by atoms with Crippen molar-refractivity contribution in [1.29, 1.82) is 0 Å². The molecule has 2 aromatic rings. The molecule has 0 radical (unpaired) electrons. The van der Waals surface area contributed by atoms with Crippen molar-refractivity contribution >= 4 is 56.7 Å². The number of sulfonamides is 1. The average molecular weight is 521 g/mol. The number of amides is 2. The fourth-order valence-electron chi connectivity index (χ4n) is 3.14. The lowest BCUT2D eigenvalue weighted by Gasteiger charge is -2.26. The van der Waals surface area contributed by atoms with E-state index in [2.05, 4.69) is 10.3 Å². The number of halogens is 2. The van der Waals surface area contributed by atoms with Gasteiger partial charge in [0.2, 0.25) is 0 Å². The first-order valence-corrected chi connectivity index (χ1v) is 12.5. The maximum Gasteiger partial charge on any atom is 0.430 e. The van der Waals surface area contributed by atoms with E-state index in [0.29, 0.717) is 13.0 Å². The van der Waals surface area contributed by atoms with Gasteiger partial charge >= 0.3 is 12.2 Å². The molecule has 1 fully saturated rings. The molecule has 2 amide bonds. The zero-order valence-corrected chi connectivity index (χ0v) is 20.3. The number of aromatic nitrogens is 1. The number of rotatable bonds is 5. The van der Waals surface area contributed by atoms with Crippen LogP contribution in [0.3, 0.4) is 0 Å². The van der Waals surface area contributed by atoms with Crippen molar-refractivity contribution in [2.45, 2.75) is 43.7 Å². The number of carbonyl (C=O) groups excluding carboxylic acids is 1. The highest BCUT2D eigenvalue weighted by Crippen LogP contribution is 2.34. The molecule has 1 saturated heterocycles. The Hall–Kier alpha value is -2.64. The molecule has 3 rings (SSSR count). The first kappa shape index (κ1) is 25.0. The minimum absolute atomic E-state index is 0.0998. The van der Waals surface area contributed by atoms with Crippen molar-refractivity contribution in [1.82, 2.24) is 9.88 Å². The van der Waals surface area contributed by atoms with Crippen molar-refractivity contribution in [2.24, 2.45) is 0 Å². The maximum absolute atomic E-state index is 15.2. The molecule has 2 heterocycles. The summed E-state index contributed by atoms with van der Waals surface area (Å²) < 4.78 is 47.3. The van der Waals surface area contributed by atoms with Crippen LogP contribution >= 0.6 is 22.9 Å². The predicted molar refractivity (Wildman–Crippen MR) is 121 cm³/mol. The first-order valence-electron chi connectivity index (χ1n) is 9.70. The number of anilines is 2. The molecule has 0 aliphatic carbocycles. The third kappa shape index (κ3) is 5.47. The lowest BCUT2D eigenvalue weighted by molar-refractivity contribution is 0.0608. The lowest BCUT2D eigenvalue weighted by Crippen LogP contribution is -2.41. The van der Waals surface area contributed by atoms with Crippen molar-refractivity contribution in [2.75, 3.05) is 22.7 Å². The highest BCUT2D eigenvalue weighted by molar-refractivity contribution is 7.93. The summed E-state index contributed by atoms with van der Waals surface area (Å²) in [5.74, 6) is -1.51. The van der Waals surface area contributed by atoms with E-state index >= 15 is 4.39 Å². The van der Waals surface area contributed by atoms with Crippen LogP contribution in [0.4, 0.5) is 25.5 Å². The molecule has 14 heteroatoms. The van der Waals surface area contributed by atoms with Crippen LogP contribution in [0, 0.1) is 5.82 Å². The van der Waals surface area contributed by atoms with E-state index < -0.39 is 43.5 Å². The summed E-state index contributed by atoms with van der Waals surface area (Å²) in [6.45, 7) is 5.15. The van der Waals surface area contributed by atoms with Gasteiger partial charge in [-0.2, -0.15) is 0 Å². The second-order valence-corrected chi connectivity index (χ2v) is 11.0. The molecule has 0 spiro atoms. The number of thiazole rings is 1. The van der Waals surface area contributed by atoms with Gasteiger partial charge in [0.15, 0.2) is 11.6 Å². The fourth-order valence-corrected chi connectivity index (χ4v) is 5.34. The average Bonchev–Trinajstić information content (AvgIpc) is 3.36. The molecular formula is C19H22ClFN4O6S2. The van der Waals surface area contributed by atoms with Crippen molar-refractivity contribution in [3.05, 3.63) is 33.9 Å². The molecule has 0 bridgehead atoms.